The van der Waals surface area contributed by atoms with Gasteiger partial charge in [-0.15, -0.1) is 22.7 Å². The zero-order chi connectivity index (χ0) is 95.8. The average molecular weight is 1860 g/mol. The van der Waals surface area contributed by atoms with Gasteiger partial charge in [0.25, 0.3) is 0 Å². The fourth-order valence-electron chi connectivity index (χ4n) is 24.3. The molecule has 26 rings (SSSR count). The van der Waals surface area contributed by atoms with Crippen LogP contribution in [0.2, 0.25) is 0 Å². The van der Waals surface area contributed by atoms with E-state index < -0.39 is 31.5 Å². The van der Waals surface area contributed by atoms with Crippen molar-refractivity contribution in [2.45, 2.75) is 115 Å². The van der Waals surface area contributed by atoms with Gasteiger partial charge in [0.05, 0.1) is 9.79 Å². The zero-order valence-electron chi connectivity index (χ0n) is 81.1. The SMILES string of the molecule is CC(C)(C)c1cccc2c(-c3ccc4ccccc4c3)c3ccccc3c(-c3cc4sc5ccccc5c4c(S(=O)(=O)c4c(-c5c6ccccc6c(-c6ccc7ccccc7c6)c6cccc(C(C)(C)C)c56)c(-c5c6ccccc6c(-c6ccc7ccccc7c6)c6cccc(C(C)(C)C)c56)cc5sc6ccccc6c45)c3-c3c4ccccc4c(-c4ccc5ccccc5c4)c4cccc(C(C)(C)C)c34)c12. The number of benzene rings is 24. The monoisotopic (exact) mass is 1860 g/mol. The smallest absolute Gasteiger partial charge is 0.209 e. The van der Waals surface area contributed by atoms with Crippen LogP contribution in [0, 0.1) is 0 Å². The molecule has 0 bridgehead atoms. The number of hydrogen-bond acceptors (Lipinski definition) is 4. The first-order valence-electron chi connectivity index (χ1n) is 49.4. The second-order valence-corrected chi connectivity index (χ2v) is 47.0. The van der Waals surface area contributed by atoms with Crippen molar-refractivity contribution < 1.29 is 8.42 Å². The molecule has 2 aromatic heterocycles. The number of thiophene rings is 2. The summed E-state index contributed by atoms with van der Waals surface area (Å²) in [7, 11) is -5.30. The van der Waals surface area contributed by atoms with Gasteiger partial charge in [-0.05, 0) is 300 Å². The quantitative estimate of drug-likeness (QED) is 0.128. The summed E-state index contributed by atoms with van der Waals surface area (Å²) < 4.78 is 47.0. The summed E-state index contributed by atoms with van der Waals surface area (Å²) in [5, 5.41) is 28.7. The summed E-state index contributed by atoms with van der Waals surface area (Å²) in [6, 6.07) is 149. The molecule has 24 aromatic carbocycles. The van der Waals surface area contributed by atoms with Crippen LogP contribution in [0.1, 0.15) is 105 Å². The van der Waals surface area contributed by atoms with Crippen molar-refractivity contribution in [3.63, 3.8) is 0 Å². The van der Waals surface area contributed by atoms with Gasteiger partial charge in [-0.25, -0.2) is 8.42 Å². The molecule has 2 nitrogen and oxygen atoms in total. The lowest BCUT2D eigenvalue weighted by molar-refractivity contribution is 0.595. The van der Waals surface area contributed by atoms with Crippen LogP contribution < -0.4 is 0 Å². The maximum absolute atomic E-state index is 21.6. The van der Waals surface area contributed by atoms with E-state index in [0.29, 0.717) is 21.9 Å². The largest absolute Gasteiger partial charge is 0.218 e. The predicted molar refractivity (Wildman–Crippen MR) is 612 cm³/mol. The minimum Gasteiger partial charge on any atom is -0.218 e. The normalized spacial score (nSPS) is 12.7. The van der Waals surface area contributed by atoms with Crippen LogP contribution in [0.3, 0.4) is 0 Å². The molecule has 5 heteroatoms. The maximum Gasteiger partial charge on any atom is 0.209 e. The average Bonchev–Trinajstić information content (AvgIpc) is 1.67. The van der Waals surface area contributed by atoms with Crippen LogP contribution in [0.15, 0.2) is 410 Å². The Bertz CT molecular complexity index is 9500. The minimum absolute atomic E-state index is 0.259. The van der Waals surface area contributed by atoms with E-state index in [1.165, 1.54) is 10.8 Å². The van der Waals surface area contributed by atoms with Crippen LogP contribution in [0.25, 0.3) is 259 Å². The Morgan fingerprint density at radius 3 is 0.645 bits per heavy atom. The van der Waals surface area contributed by atoms with Crippen molar-refractivity contribution in [3.8, 4) is 89.0 Å². The van der Waals surface area contributed by atoms with Gasteiger partial charge in [0, 0.05) is 51.5 Å². The second kappa shape index (κ2) is 31.9. The second-order valence-electron chi connectivity index (χ2n) is 43.0. The number of fused-ring (bicyclic) bond motifs is 18. The fraction of sp³-hybridized carbons (Fsp3) is 0.118. The molecule has 0 unspecified atom stereocenters. The van der Waals surface area contributed by atoms with Gasteiger partial charge in [0.15, 0.2) is 0 Å². The molecule has 26 aromatic rings. The fourth-order valence-corrected chi connectivity index (χ4v) is 28.9. The highest BCUT2D eigenvalue weighted by Gasteiger charge is 2.42. The third-order valence-corrected chi connectivity index (χ3v) is 34.5. The Hall–Kier alpha value is -15.2. The number of sulfone groups is 1. The van der Waals surface area contributed by atoms with E-state index in [1.807, 2.05) is 0 Å². The number of hydrogen-bond donors (Lipinski definition) is 0. The first-order chi connectivity index (χ1) is 68.3. The molecule has 2 heterocycles. The molecule has 0 saturated carbocycles. The van der Waals surface area contributed by atoms with Crippen LogP contribution in [-0.2, 0) is 31.5 Å². The first-order valence-corrected chi connectivity index (χ1v) is 52.5. The van der Waals surface area contributed by atoms with E-state index in [0.717, 1.165) is 248 Å². The summed E-state index contributed by atoms with van der Waals surface area (Å²) in [6.07, 6.45) is 0. The third-order valence-electron chi connectivity index (χ3n) is 30.4. The molecule has 141 heavy (non-hydrogen) atoms. The van der Waals surface area contributed by atoms with Crippen molar-refractivity contribution in [1.82, 2.24) is 0 Å². The third kappa shape index (κ3) is 13.4. The molecular weight excluding hydrogens is 1760 g/mol. The predicted octanol–water partition coefficient (Wildman–Crippen LogP) is 39.6. The lowest BCUT2D eigenvalue weighted by Gasteiger charge is -2.31. The van der Waals surface area contributed by atoms with E-state index in [9.17, 15) is 0 Å². The van der Waals surface area contributed by atoms with Crippen molar-refractivity contribution in [2.24, 2.45) is 0 Å². The molecule has 0 fully saturated rings. The van der Waals surface area contributed by atoms with Crippen molar-refractivity contribution in [3.05, 3.63) is 423 Å². The van der Waals surface area contributed by atoms with Crippen molar-refractivity contribution in [2.75, 3.05) is 0 Å². The van der Waals surface area contributed by atoms with E-state index in [1.54, 1.807) is 22.7 Å². The van der Waals surface area contributed by atoms with Crippen LogP contribution in [0.5, 0.6) is 0 Å². The van der Waals surface area contributed by atoms with E-state index in [-0.39, 0.29) is 9.79 Å². The maximum atomic E-state index is 21.6. The Morgan fingerprint density at radius 1 is 0.170 bits per heavy atom. The van der Waals surface area contributed by atoms with Crippen LogP contribution >= 0.6 is 22.7 Å². The molecule has 0 N–H and O–H groups in total. The Kier molecular flexibility index (Phi) is 19.5. The topological polar surface area (TPSA) is 34.1 Å². The van der Waals surface area contributed by atoms with E-state index in [2.05, 4.69) is 483 Å². The lowest BCUT2D eigenvalue weighted by atomic mass is 9.74. The van der Waals surface area contributed by atoms with Gasteiger partial charge in [-0.2, -0.15) is 0 Å². The highest BCUT2D eigenvalue weighted by molar-refractivity contribution is 7.92. The van der Waals surface area contributed by atoms with Gasteiger partial charge in [0.2, 0.25) is 9.84 Å². The van der Waals surface area contributed by atoms with Gasteiger partial charge < -0.3 is 0 Å². The van der Waals surface area contributed by atoms with Crippen LogP contribution in [0.4, 0.5) is 0 Å². The molecule has 0 amide bonds. The molecule has 0 spiro atoms. The Balaban J connectivity index is 0.953. The molecule has 0 radical (unpaired) electrons. The van der Waals surface area contributed by atoms with E-state index in [4.69, 9.17) is 0 Å². The minimum atomic E-state index is -5.30. The summed E-state index contributed by atoms with van der Waals surface area (Å²) >= 11 is 3.40. The standard InChI is InChI=1S/C136H102O2S3/c1-133(2,3)107-59-33-55-101-115(87-69-65-79-37-13-17-41-83(79)73-87)91-45-21-25-49-95(91)119(121(101)107)105-77-113-125(99-53-29-31-63-111(99)139-113)131(129(105)127-97-51-27-23-47-93(97)117(89-71-67-81-39-15-19-43-85(81)75-89)103-57-35-61-109(123(103)127)135(7,8)9)141(137,138)132-126-100-54-30-32-64-112(100)140-114(126)78-106(120-96-50-26-22-46-92(96)116(88-70-66-80-38-14-18-42-84(80)74-88)102-56-34-60-108(122(102)120)134(4,5)6)130(132)128-98-52-28-24-48-94(98)118(90-72-68-82-40-16-20-44-86(82)76-90)104-58-36-62-110(124(104)128)136(10,11)12/h13-78H,1-12H3. The summed E-state index contributed by atoms with van der Waals surface area (Å²) in [5.41, 5.74) is 17.8. The first kappa shape index (κ1) is 86.2. The molecule has 0 aliphatic carbocycles. The summed E-state index contributed by atoms with van der Waals surface area (Å²) in [4.78, 5) is 0.517. The zero-order valence-corrected chi connectivity index (χ0v) is 83.6. The van der Waals surface area contributed by atoms with Gasteiger partial charge >= 0.3 is 0 Å². The molecular formula is C136H102O2S3. The van der Waals surface area contributed by atoms with Gasteiger partial charge in [-0.1, -0.05) is 435 Å². The molecule has 0 atom stereocenters. The van der Waals surface area contributed by atoms with E-state index >= 15 is 8.42 Å². The lowest BCUT2D eigenvalue weighted by Crippen LogP contribution is -2.15. The molecule has 676 valence electrons. The Morgan fingerprint density at radius 2 is 0.383 bits per heavy atom. The van der Waals surface area contributed by atoms with Gasteiger partial charge in [0.1, 0.15) is 0 Å². The van der Waals surface area contributed by atoms with Crippen LogP contribution in [-0.4, -0.2) is 8.42 Å². The van der Waals surface area contributed by atoms with Crippen molar-refractivity contribution >= 4 is 202 Å². The molecule has 0 saturated heterocycles. The number of rotatable bonds is 10. The summed E-state index contributed by atoms with van der Waals surface area (Å²) in [5.74, 6) is 0. The molecule has 0 aliphatic rings. The van der Waals surface area contributed by atoms with Gasteiger partial charge in [-0.3, -0.25) is 0 Å². The van der Waals surface area contributed by atoms with Crippen molar-refractivity contribution in [1.29, 1.82) is 0 Å². The Labute approximate surface area is 830 Å². The highest BCUT2D eigenvalue weighted by Crippen LogP contribution is 2.64. The highest BCUT2D eigenvalue weighted by atomic mass is 32.2. The molecule has 0 aliphatic heterocycles. The summed E-state index contributed by atoms with van der Waals surface area (Å²) in [6.45, 7) is 28.2.